The number of hydrogen-bond donors (Lipinski definition) is 0. The van der Waals surface area contributed by atoms with Crippen LogP contribution in [0, 0.1) is 11.8 Å². The van der Waals surface area contributed by atoms with Crippen molar-refractivity contribution in [1.29, 1.82) is 0 Å². The van der Waals surface area contributed by atoms with Crippen LogP contribution in [0.15, 0.2) is 0 Å². The highest BCUT2D eigenvalue weighted by atomic mass is 16.5. The molecule has 0 atom stereocenters. The van der Waals surface area contributed by atoms with Crippen LogP contribution in [-0.2, 0) is 4.74 Å². The van der Waals surface area contributed by atoms with Crippen molar-refractivity contribution in [2.24, 2.45) is 11.8 Å². The first-order valence-corrected chi connectivity index (χ1v) is 6.52. The SMILES string of the molecule is CCN1CCC(COCCC(C)C)CC1. The zero-order valence-corrected chi connectivity index (χ0v) is 10.7. The highest BCUT2D eigenvalue weighted by molar-refractivity contribution is 4.70. The van der Waals surface area contributed by atoms with Crippen molar-refractivity contribution in [3.63, 3.8) is 0 Å². The molecule has 15 heavy (non-hydrogen) atoms. The summed E-state index contributed by atoms with van der Waals surface area (Å²) < 4.78 is 5.73. The maximum Gasteiger partial charge on any atom is 0.0495 e. The van der Waals surface area contributed by atoms with Gasteiger partial charge in [0.25, 0.3) is 0 Å². The van der Waals surface area contributed by atoms with Gasteiger partial charge in [-0.05, 0) is 50.7 Å². The molecule has 1 aliphatic rings. The second kappa shape index (κ2) is 7.24. The van der Waals surface area contributed by atoms with Crippen LogP contribution in [0.5, 0.6) is 0 Å². The molecule has 0 bridgehead atoms. The van der Waals surface area contributed by atoms with Crippen LogP contribution in [0.1, 0.15) is 40.0 Å². The first kappa shape index (κ1) is 13.0. The minimum absolute atomic E-state index is 0.770. The Bertz CT molecular complexity index is 151. The molecule has 0 aliphatic carbocycles. The van der Waals surface area contributed by atoms with E-state index in [2.05, 4.69) is 25.7 Å². The van der Waals surface area contributed by atoms with Gasteiger partial charge < -0.3 is 9.64 Å². The lowest BCUT2D eigenvalue weighted by Crippen LogP contribution is -2.34. The van der Waals surface area contributed by atoms with Crippen LogP contribution in [0.2, 0.25) is 0 Å². The van der Waals surface area contributed by atoms with E-state index in [4.69, 9.17) is 4.74 Å². The predicted molar refractivity (Wildman–Crippen MR) is 65.1 cm³/mol. The Kier molecular flexibility index (Phi) is 6.26. The second-order valence-corrected chi connectivity index (χ2v) is 5.14. The molecule has 0 amide bonds. The number of rotatable bonds is 6. The van der Waals surface area contributed by atoms with Gasteiger partial charge in [-0.25, -0.2) is 0 Å². The molecule has 0 N–H and O–H groups in total. The van der Waals surface area contributed by atoms with E-state index in [-0.39, 0.29) is 0 Å². The van der Waals surface area contributed by atoms with Gasteiger partial charge in [-0.15, -0.1) is 0 Å². The molecule has 1 fully saturated rings. The summed E-state index contributed by atoms with van der Waals surface area (Å²) in [5.41, 5.74) is 0. The summed E-state index contributed by atoms with van der Waals surface area (Å²) in [6.07, 6.45) is 3.86. The molecule has 0 radical (unpaired) electrons. The molecule has 1 aliphatic heterocycles. The molecule has 0 saturated carbocycles. The average Bonchev–Trinajstić information content (AvgIpc) is 2.25. The fourth-order valence-corrected chi connectivity index (χ4v) is 2.04. The molecule has 0 aromatic heterocycles. The minimum atomic E-state index is 0.770. The summed E-state index contributed by atoms with van der Waals surface area (Å²) in [6.45, 7) is 12.5. The van der Waals surface area contributed by atoms with Gasteiger partial charge in [-0.3, -0.25) is 0 Å². The van der Waals surface area contributed by atoms with E-state index in [0.717, 1.165) is 25.0 Å². The highest BCUT2D eigenvalue weighted by Gasteiger charge is 2.17. The molecular weight excluding hydrogens is 186 g/mol. The van der Waals surface area contributed by atoms with E-state index in [1.807, 2.05) is 0 Å². The van der Waals surface area contributed by atoms with Crippen molar-refractivity contribution in [3.05, 3.63) is 0 Å². The summed E-state index contributed by atoms with van der Waals surface area (Å²) in [7, 11) is 0. The first-order valence-electron chi connectivity index (χ1n) is 6.52. The molecule has 90 valence electrons. The molecule has 0 aromatic carbocycles. The fraction of sp³-hybridized carbons (Fsp3) is 1.00. The zero-order chi connectivity index (χ0) is 11.1. The van der Waals surface area contributed by atoms with Gasteiger partial charge in [0.2, 0.25) is 0 Å². The standard InChI is InChI=1S/C13H27NO/c1-4-14-8-5-13(6-9-14)11-15-10-7-12(2)3/h12-13H,4-11H2,1-3H3. The van der Waals surface area contributed by atoms with E-state index in [1.165, 1.54) is 38.9 Å². The van der Waals surface area contributed by atoms with Crippen LogP contribution >= 0.6 is 0 Å². The molecule has 1 heterocycles. The number of hydrogen-bond acceptors (Lipinski definition) is 2. The summed E-state index contributed by atoms with van der Waals surface area (Å²) in [5, 5.41) is 0. The molecule has 0 aromatic rings. The van der Waals surface area contributed by atoms with Gasteiger partial charge in [0.15, 0.2) is 0 Å². The summed E-state index contributed by atoms with van der Waals surface area (Å²) in [5.74, 6) is 1.59. The lowest BCUT2D eigenvalue weighted by Gasteiger charge is -2.30. The zero-order valence-electron chi connectivity index (χ0n) is 10.7. The van der Waals surface area contributed by atoms with Gasteiger partial charge in [-0.2, -0.15) is 0 Å². The predicted octanol–water partition coefficient (Wildman–Crippen LogP) is 2.78. The van der Waals surface area contributed by atoms with Gasteiger partial charge >= 0.3 is 0 Å². The first-order chi connectivity index (χ1) is 7.22. The fourth-order valence-electron chi connectivity index (χ4n) is 2.04. The van der Waals surface area contributed by atoms with E-state index < -0.39 is 0 Å². The quantitative estimate of drug-likeness (QED) is 0.629. The molecule has 0 unspecified atom stereocenters. The average molecular weight is 213 g/mol. The topological polar surface area (TPSA) is 12.5 Å². The van der Waals surface area contributed by atoms with Gasteiger partial charge in [0.05, 0.1) is 0 Å². The van der Waals surface area contributed by atoms with Gasteiger partial charge in [-0.1, -0.05) is 20.8 Å². The molecule has 2 nitrogen and oxygen atoms in total. The number of likely N-dealkylation sites (tertiary alicyclic amines) is 1. The maximum atomic E-state index is 5.73. The van der Waals surface area contributed by atoms with Crippen molar-refractivity contribution >= 4 is 0 Å². The lowest BCUT2D eigenvalue weighted by molar-refractivity contribution is 0.0628. The summed E-state index contributed by atoms with van der Waals surface area (Å²) in [4.78, 5) is 2.53. The van der Waals surface area contributed by atoms with Crippen molar-refractivity contribution in [3.8, 4) is 0 Å². The van der Waals surface area contributed by atoms with Crippen LogP contribution in [0.3, 0.4) is 0 Å². The van der Waals surface area contributed by atoms with Crippen molar-refractivity contribution in [1.82, 2.24) is 4.90 Å². The number of piperidine rings is 1. The normalized spacial score (nSPS) is 20.0. The third-order valence-corrected chi connectivity index (χ3v) is 3.35. The Morgan fingerprint density at radius 1 is 1.27 bits per heavy atom. The summed E-state index contributed by atoms with van der Waals surface area (Å²) in [6, 6.07) is 0. The molecular formula is C13H27NO. The Balaban J connectivity index is 1.99. The largest absolute Gasteiger partial charge is 0.381 e. The number of ether oxygens (including phenoxy) is 1. The molecule has 2 heteroatoms. The van der Waals surface area contributed by atoms with Crippen LogP contribution in [0.4, 0.5) is 0 Å². The van der Waals surface area contributed by atoms with E-state index in [1.54, 1.807) is 0 Å². The Morgan fingerprint density at radius 2 is 1.93 bits per heavy atom. The van der Waals surface area contributed by atoms with E-state index in [0.29, 0.717) is 0 Å². The third kappa shape index (κ3) is 5.53. The third-order valence-electron chi connectivity index (χ3n) is 3.35. The Labute approximate surface area is 95.0 Å². The van der Waals surface area contributed by atoms with E-state index >= 15 is 0 Å². The summed E-state index contributed by atoms with van der Waals surface area (Å²) >= 11 is 0. The van der Waals surface area contributed by atoms with Crippen LogP contribution in [0.25, 0.3) is 0 Å². The van der Waals surface area contributed by atoms with Gasteiger partial charge in [0.1, 0.15) is 0 Å². The lowest BCUT2D eigenvalue weighted by atomic mass is 9.98. The van der Waals surface area contributed by atoms with Crippen molar-refractivity contribution in [2.45, 2.75) is 40.0 Å². The molecule has 0 spiro atoms. The molecule has 1 saturated heterocycles. The minimum Gasteiger partial charge on any atom is -0.381 e. The monoisotopic (exact) mass is 213 g/mol. The van der Waals surface area contributed by atoms with Crippen molar-refractivity contribution < 1.29 is 4.74 Å². The van der Waals surface area contributed by atoms with Crippen LogP contribution in [-0.4, -0.2) is 37.7 Å². The Morgan fingerprint density at radius 3 is 2.47 bits per heavy atom. The molecule has 1 rings (SSSR count). The highest BCUT2D eigenvalue weighted by Crippen LogP contribution is 2.17. The number of nitrogens with zero attached hydrogens (tertiary/aromatic N) is 1. The van der Waals surface area contributed by atoms with Gasteiger partial charge in [0, 0.05) is 13.2 Å². The maximum absolute atomic E-state index is 5.73. The van der Waals surface area contributed by atoms with Crippen LogP contribution < -0.4 is 0 Å². The smallest absolute Gasteiger partial charge is 0.0495 e. The van der Waals surface area contributed by atoms with Crippen molar-refractivity contribution in [2.75, 3.05) is 32.8 Å². The Hall–Kier alpha value is -0.0800. The van der Waals surface area contributed by atoms with E-state index in [9.17, 15) is 0 Å². The second-order valence-electron chi connectivity index (χ2n) is 5.14.